The third kappa shape index (κ3) is 3.15. The summed E-state index contributed by atoms with van der Waals surface area (Å²) in [5, 5.41) is 10.6. The molecule has 0 bridgehead atoms. The van der Waals surface area contributed by atoms with Crippen molar-refractivity contribution in [1.82, 2.24) is 20.4 Å². The van der Waals surface area contributed by atoms with E-state index < -0.39 is 0 Å². The Balaban J connectivity index is 1.96. The molecule has 0 radical (unpaired) electrons. The highest BCUT2D eigenvalue weighted by atomic mass is 16.2. The van der Waals surface area contributed by atoms with Crippen molar-refractivity contribution < 1.29 is 4.79 Å². The summed E-state index contributed by atoms with van der Waals surface area (Å²) in [6, 6.07) is -0.0524. The highest BCUT2D eigenvalue weighted by Gasteiger charge is 2.26. The Bertz CT molecular complexity index is 454. The van der Waals surface area contributed by atoms with Gasteiger partial charge in [0, 0.05) is 18.3 Å². The summed E-state index contributed by atoms with van der Waals surface area (Å²) >= 11 is 0. The first-order valence-corrected chi connectivity index (χ1v) is 7.01. The fraction of sp³-hybridized carbons (Fsp3) is 0.714. The van der Waals surface area contributed by atoms with E-state index >= 15 is 0 Å². The SMILES string of the molecule is Cc1c(C(C)NC(=O)C2CC(C)CCN2)cnn1C. The molecule has 1 aliphatic heterocycles. The van der Waals surface area contributed by atoms with Crippen LogP contribution < -0.4 is 10.6 Å². The van der Waals surface area contributed by atoms with Gasteiger partial charge in [-0.3, -0.25) is 9.48 Å². The number of hydrogen-bond donors (Lipinski definition) is 2. The monoisotopic (exact) mass is 264 g/mol. The summed E-state index contributed by atoms with van der Waals surface area (Å²) in [4.78, 5) is 12.2. The molecule has 3 atom stereocenters. The maximum atomic E-state index is 12.2. The number of nitrogens with zero attached hydrogens (tertiary/aromatic N) is 2. The van der Waals surface area contributed by atoms with Crippen LogP contribution >= 0.6 is 0 Å². The van der Waals surface area contributed by atoms with Crippen molar-refractivity contribution in [3.05, 3.63) is 17.5 Å². The largest absolute Gasteiger partial charge is 0.348 e. The van der Waals surface area contributed by atoms with E-state index in [9.17, 15) is 4.79 Å². The minimum atomic E-state index is -0.0526. The number of carbonyl (C=O) groups excluding carboxylic acids is 1. The van der Waals surface area contributed by atoms with Gasteiger partial charge in [-0.05, 0) is 39.2 Å². The molecule has 2 heterocycles. The summed E-state index contributed by atoms with van der Waals surface area (Å²) in [5.74, 6) is 0.717. The second kappa shape index (κ2) is 5.74. The van der Waals surface area contributed by atoms with Crippen LogP contribution in [0, 0.1) is 12.8 Å². The smallest absolute Gasteiger partial charge is 0.237 e. The van der Waals surface area contributed by atoms with Gasteiger partial charge >= 0.3 is 0 Å². The molecule has 5 nitrogen and oxygen atoms in total. The van der Waals surface area contributed by atoms with E-state index in [0.29, 0.717) is 5.92 Å². The van der Waals surface area contributed by atoms with E-state index in [1.165, 1.54) is 0 Å². The average molecular weight is 264 g/mol. The number of piperidine rings is 1. The highest BCUT2D eigenvalue weighted by Crippen LogP contribution is 2.18. The standard InChI is InChI=1S/C14H24N4O/c1-9-5-6-15-13(7-9)14(19)17-10(2)12-8-16-18(4)11(12)3/h8-10,13,15H,5-7H2,1-4H3,(H,17,19). The predicted molar refractivity (Wildman–Crippen MR) is 74.7 cm³/mol. The van der Waals surface area contributed by atoms with Crippen LogP contribution in [0.25, 0.3) is 0 Å². The van der Waals surface area contributed by atoms with Crippen LogP contribution in [0.5, 0.6) is 0 Å². The number of carbonyl (C=O) groups is 1. The Hall–Kier alpha value is -1.36. The number of hydrogen-bond acceptors (Lipinski definition) is 3. The molecule has 0 aromatic carbocycles. The molecule has 106 valence electrons. The lowest BCUT2D eigenvalue weighted by atomic mass is 9.93. The zero-order chi connectivity index (χ0) is 14.0. The number of amides is 1. The van der Waals surface area contributed by atoms with Crippen molar-refractivity contribution in [3.8, 4) is 0 Å². The van der Waals surface area contributed by atoms with E-state index in [2.05, 4.69) is 22.7 Å². The van der Waals surface area contributed by atoms with Crippen molar-refractivity contribution >= 4 is 5.91 Å². The van der Waals surface area contributed by atoms with Crippen LogP contribution in [-0.2, 0) is 11.8 Å². The zero-order valence-corrected chi connectivity index (χ0v) is 12.2. The van der Waals surface area contributed by atoms with Gasteiger partial charge in [0.1, 0.15) is 0 Å². The first-order chi connectivity index (χ1) is 8.99. The van der Waals surface area contributed by atoms with Gasteiger partial charge in [-0.1, -0.05) is 6.92 Å². The van der Waals surface area contributed by atoms with Crippen molar-refractivity contribution in [1.29, 1.82) is 0 Å². The Kier molecular flexibility index (Phi) is 4.24. The Morgan fingerprint density at radius 3 is 2.95 bits per heavy atom. The number of rotatable bonds is 3. The van der Waals surface area contributed by atoms with Crippen LogP contribution in [0.2, 0.25) is 0 Å². The molecule has 1 amide bonds. The fourth-order valence-electron chi connectivity index (χ4n) is 2.64. The normalized spacial score (nSPS) is 25.1. The number of nitrogens with one attached hydrogen (secondary N) is 2. The maximum Gasteiger partial charge on any atom is 0.237 e. The quantitative estimate of drug-likeness (QED) is 0.865. The first-order valence-electron chi connectivity index (χ1n) is 7.01. The molecule has 2 N–H and O–H groups in total. The van der Waals surface area contributed by atoms with Crippen LogP contribution in [-0.4, -0.2) is 28.3 Å². The molecule has 0 saturated carbocycles. The third-order valence-electron chi connectivity index (χ3n) is 4.08. The van der Waals surface area contributed by atoms with E-state index in [1.807, 2.05) is 31.8 Å². The van der Waals surface area contributed by atoms with Gasteiger partial charge in [-0.15, -0.1) is 0 Å². The highest BCUT2D eigenvalue weighted by molar-refractivity contribution is 5.82. The number of aromatic nitrogens is 2. The molecule has 2 rings (SSSR count). The lowest BCUT2D eigenvalue weighted by Crippen LogP contribution is -2.48. The topological polar surface area (TPSA) is 59.0 Å². The minimum absolute atomic E-state index is 0.000215. The molecule has 1 aliphatic rings. The lowest BCUT2D eigenvalue weighted by Gasteiger charge is -2.28. The van der Waals surface area contributed by atoms with Crippen LogP contribution in [0.3, 0.4) is 0 Å². The molecule has 0 spiro atoms. The summed E-state index contributed by atoms with van der Waals surface area (Å²) in [6.45, 7) is 7.16. The van der Waals surface area contributed by atoms with Gasteiger partial charge in [0.05, 0.1) is 18.3 Å². The summed E-state index contributed by atoms with van der Waals surface area (Å²) < 4.78 is 1.83. The Morgan fingerprint density at radius 2 is 2.37 bits per heavy atom. The minimum Gasteiger partial charge on any atom is -0.348 e. The lowest BCUT2D eigenvalue weighted by molar-refractivity contribution is -0.124. The Labute approximate surface area is 114 Å². The fourth-order valence-corrected chi connectivity index (χ4v) is 2.64. The van der Waals surface area contributed by atoms with Gasteiger partial charge in [0.15, 0.2) is 0 Å². The Morgan fingerprint density at radius 1 is 1.63 bits per heavy atom. The summed E-state index contributed by atoms with van der Waals surface area (Å²) in [5.41, 5.74) is 2.18. The van der Waals surface area contributed by atoms with Gasteiger partial charge in [-0.25, -0.2) is 0 Å². The molecular weight excluding hydrogens is 240 g/mol. The van der Waals surface area contributed by atoms with Gasteiger partial charge in [-0.2, -0.15) is 5.10 Å². The van der Waals surface area contributed by atoms with Gasteiger partial charge in [0.25, 0.3) is 0 Å². The van der Waals surface area contributed by atoms with Crippen LogP contribution in [0.1, 0.15) is 44.0 Å². The van der Waals surface area contributed by atoms with Crippen LogP contribution in [0.4, 0.5) is 0 Å². The molecule has 1 saturated heterocycles. The molecule has 5 heteroatoms. The van der Waals surface area contributed by atoms with Gasteiger partial charge < -0.3 is 10.6 Å². The van der Waals surface area contributed by atoms with E-state index in [-0.39, 0.29) is 18.0 Å². The molecule has 3 unspecified atom stereocenters. The van der Waals surface area contributed by atoms with Crippen LogP contribution in [0.15, 0.2) is 6.20 Å². The van der Waals surface area contributed by atoms with Crippen molar-refractivity contribution in [2.45, 2.75) is 45.7 Å². The van der Waals surface area contributed by atoms with E-state index in [4.69, 9.17) is 0 Å². The van der Waals surface area contributed by atoms with Crippen molar-refractivity contribution in [3.63, 3.8) is 0 Å². The molecule has 19 heavy (non-hydrogen) atoms. The average Bonchev–Trinajstić information content (AvgIpc) is 2.70. The summed E-state index contributed by atoms with van der Waals surface area (Å²) in [6.07, 6.45) is 3.91. The molecule has 1 fully saturated rings. The second-order valence-electron chi connectivity index (χ2n) is 5.68. The molecular formula is C14H24N4O. The van der Waals surface area contributed by atoms with E-state index in [0.717, 1.165) is 30.6 Å². The maximum absolute atomic E-state index is 12.2. The molecule has 1 aromatic heterocycles. The predicted octanol–water partition coefficient (Wildman–Crippen LogP) is 1.29. The van der Waals surface area contributed by atoms with Gasteiger partial charge in [0.2, 0.25) is 5.91 Å². The van der Waals surface area contributed by atoms with Crippen molar-refractivity contribution in [2.24, 2.45) is 13.0 Å². The van der Waals surface area contributed by atoms with E-state index in [1.54, 1.807) is 0 Å². The van der Waals surface area contributed by atoms with Crippen molar-refractivity contribution in [2.75, 3.05) is 6.54 Å². The molecule has 1 aromatic rings. The molecule has 0 aliphatic carbocycles. The second-order valence-corrected chi connectivity index (χ2v) is 5.68. The summed E-state index contributed by atoms with van der Waals surface area (Å²) in [7, 11) is 1.91. The zero-order valence-electron chi connectivity index (χ0n) is 12.2. The first kappa shape index (κ1) is 14.1. The number of aryl methyl sites for hydroxylation is 1. The third-order valence-corrected chi connectivity index (χ3v) is 4.08.